The van der Waals surface area contributed by atoms with Gasteiger partial charge >= 0.3 is 0 Å². The molecule has 30 heavy (non-hydrogen) atoms. The molecule has 0 radical (unpaired) electrons. The molecule has 1 N–H and O–H groups in total. The average molecular weight is 458 g/mol. The summed E-state index contributed by atoms with van der Waals surface area (Å²) in [5, 5.41) is 4.08. The van der Waals surface area contributed by atoms with Gasteiger partial charge in [0.05, 0.1) is 5.39 Å². The van der Waals surface area contributed by atoms with Gasteiger partial charge in [0.25, 0.3) is 5.56 Å². The summed E-state index contributed by atoms with van der Waals surface area (Å²) in [6, 6.07) is 15.7. The molecule has 0 bridgehead atoms. The lowest BCUT2D eigenvalue weighted by molar-refractivity contribution is -0.118. The zero-order valence-corrected chi connectivity index (χ0v) is 18.5. The van der Waals surface area contributed by atoms with Crippen LogP contribution in [0.2, 0.25) is 10.0 Å². The van der Waals surface area contributed by atoms with Gasteiger partial charge in [0.1, 0.15) is 16.7 Å². The maximum Gasteiger partial charge on any atom is 0.263 e. The molecule has 4 rings (SSSR count). The molecule has 1 atom stereocenters. The predicted octanol–water partition coefficient (Wildman–Crippen LogP) is 5.94. The van der Waals surface area contributed by atoms with Crippen molar-refractivity contribution in [2.24, 2.45) is 0 Å². The van der Waals surface area contributed by atoms with E-state index in [4.69, 9.17) is 23.2 Å². The van der Waals surface area contributed by atoms with Crippen molar-refractivity contribution in [1.82, 2.24) is 9.55 Å². The summed E-state index contributed by atoms with van der Waals surface area (Å²) in [5.74, 6) is 0.110. The molecule has 1 amide bonds. The van der Waals surface area contributed by atoms with Gasteiger partial charge in [-0.25, -0.2) is 4.98 Å². The van der Waals surface area contributed by atoms with Gasteiger partial charge in [-0.15, -0.1) is 11.3 Å². The molecule has 8 heteroatoms. The number of hydrogen-bond donors (Lipinski definition) is 1. The molecule has 0 aliphatic heterocycles. The number of aromatic nitrogens is 2. The van der Waals surface area contributed by atoms with Crippen LogP contribution in [-0.4, -0.2) is 15.5 Å². The molecule has 152 valence electrons. The average Bonchev–Trinajstić information content (AvgIpc) is 3.12. The van der Waals surface area contributed by atoms with Crippen LogP contribution in [0.4, 0.5) is 5.69 Å². The van der Waals surface area contributed by atoms with Gasteiger partial charge in [-0.3, -0.25) is 14.2 Å². The van der Waals surface area contributed by atoms with Crippen molar-refractivity contribution in [3.63, 3.8) is 0 Å². The second kappa shape index (κ2) is 8.22. The molecule has 2 aromatic heterocycles. The van der Waals surface area contributed by atoms with Gasteiger partial charge in [-0.05, 0) is 43.7 Å². The van der Waals surface area contributed by atoms with E-state index in [1.165, 1.54) is 15.9 Å². The number of carbonyl (C=O) groups is 1. The molecule has 0 spiro atoms. The molecular weight excluding hydrogens is 441 g/mol. The fraction of sp³-hybridized carbons (Fsp3) is 0.136. The lowest BCUT2D eigenvalue weighted by atomic mass is 10.2. The second-order valence-electron chi connectivity index (χ2n) is 6.85. The Morgan fingerprint density at radius 2 is 1.77 bits per heavy atom. The Labute approximate surface area is 186 Å². The number of fused-ring (bicyclic) bond motifs is 1. The summed E-state index contributed by atoms with van der Waals surface area (Å²) in [7, 11) is 0. The van der Waals surface area contributed by atoms with Crippen LogP contribution in [0.1, 0.15) is 18.8 Å². The highest BCUT2D eigenvalue weighted by Gasteiger charge is 2.22. The highest BCUT2D eigenvalue weighted by atomic mass is 35.5. The molecule has 4 aromatic rings. The first-order chi connectivity index (χ1) is 14.3. The van der Waals surface area contributed by atoms with E-state index in [1.54, 1.807) is 32.0 Å². The highest BCUT2D eigenvalue weighted by Crippen LogP contribution is 2.31. The lowest BCUT2D eigenvalue weighted by Crippen LogP contribution is -2.33. The summed E-state index contributed by atoms with van der Waals surface area (Å²) >= 11 is 13.5. The summed E-state index contributed by atoms with van der Waals surface area (Å²) in [5.41, 5.74) is 1.24. The van der Waals surface area contributed by atoms with Gasteiger partial charge < -0.3 is 5.32 Å². The molecule has 5 nitrogen and oxygen atoms in total. The van der Waals surface area contributed by atoms with Gasteiger partial charge in [-0.2, -0.15) is 0 Å². The quantitative estimate of drug-likeness (QED) is 0.412. The number of hydrogen-bond acceptors (Lipinski definition) is 4. The third-order valence-electron chi connectivity index (χ3n) is 4.73. The number of aryl methyl sites for hydroxylation is 1. The number of thiophene rings is 1. The van der Waals surface area contributed by atoms with E-state index in [9.17, 15) is 9.59 Å². The Balaban J connectivity index is 1.70. The number of anilines is 1. The molecule has 1 unspecified atom stereocenters. The van der Waals surface area contributed by atoms with E-state index in [2.05, 4.69) is 10.3 Å². The third-order valence-corrected chi connectivity index (χ3v) is 6.24. The number of amides is 1. The number of carbonyl (C=O) groups excluding carboxylic acids is 1. The van der Waals surface area contributed by atoms with Crippen LogP contribution in [0.3, 0.4) is 0 Å². The van der Waals surface area contributed by atoms with E-state index < -0.39 is 6.04 Å². The fourth-order valence-electron chi connectivity index (χ4n) is 3.29. The Bertz CT molecular complexity index is 1300. The van der Waals surface area contributed by atoms with Crippen LogP contribution in [0.15, 0.2) is 59.4 Å². The van der Waals surface area contributed by atoms with Crippen molar-refractivity contribution < 1.29 is 4.79 Å². The minimum atomic E-state index is -0.771. The smallest absolute Gasteiger partial charge is 0.263 e. The summed E-state index contributed by atoms with van der Waals surface area (Å²) in [6.07, 6.45) is 0. The van der Waals surface area contributed by atoms with Crippen LogP contribution >= 0.6 is 34.5 Å². The number of rotatable bonds is 4. The van der Waals surface area contributed by atoms with E-state index >= 15 is 0 Å². The minimum Gasteiger partial charge on any atom is -0.324 e. The van der Waals surface area contributed by atoms with Crippen molar-refractivity contribution in [2.45, 2.75) is 19.9 Å². The van der Waals surface area contributed by atoms with Crippen molar-refractivity contribution in [3.05, 3.63) is 80.8 Å². The molecule has 0 fully saturated rings. The van der Waals surface area contributed by atoms with E-state index in [-0.39, 0.29) is 11.5 Å². The molecule has 0 saturated carbocycles. The van der Waals surface area contributed by atoms with Crippen LogP contribution < -0.4 is 10.9 Å². The topological polar surface area (TPSA) is 64.0 Å². The summed E-state index contributed by atoms with van der Waals surface area (Å²) < 4.78 is 1.41. The maximum atomic E-state index is 13.2. The Hall–Kier alpha value is -2.67. The molecule has 2 heterocycles. The molecule has 2 aromatic carbocycles. The number of benzene rings is 2. The Kier molecular flexibility index (Phi) is 5.64. The fourth-order valence-corrected chi connectivity index (χ4v) is 4.89. The number of nitrogens with zero attached hydrogens (tertiary/aromatic N) is 2. The Morgan fingerprint density at radius 3 is 2.43 bits per heavy atom. The van der Waals surface area contributed by atoms with E-state index in [0.717, 1.165) is 10.4 Å². The van der Waals surface area contributed by atoms with Gasteiger partial charge in [-0.1, -0.05) is 53.5 Å². The van der Waals surface area contributed by atoms with Crippen LogP contribution in [-0.2, 0) is 4.79 Å². The van der Waals surface area contributed by atoms with Crippen molar-refractivity contribution in [1.29, 1.82) is 0 Å². The number of nitrogens with one attached hydrogen (secondary N) is 1. The largest absolute Gasteiger partial charge is 0.324 e. The lowest BCUT2D eigenvalue weighted by Gasteiger charge is -2.17. The summed E-state index contributed by atoms with van der Waals surface area (Å²) in [4.78, 5) is 32.2. The van der Waals surface area contributed by atoms with Gasteiger partial charge in [0.2, 0.25) is 5.91 Å². The normalized spacial score (nSPS) is 12.1. The first-order valence-corrected chi connectivity index (χ1v) is 10.8. The van der Waals surface area contributed by atoms with Crippen molar-refractivity contribution in [2.75, 3.05) is 5.32 Å². The van der Waals surface area contributed by atoms with Crippen LogP contribution in [0.25, 0.3) is 20.7 Å². The van der Waals surface area contributed by atoms with Crippen molar-refractivity contribution >= 4 is 56.3 Å². The first kappa shape index (κ1) is 20.6. The monoisotopic (exact) mass is 457 g/mol. The van der Waals surface area contributed by atoms with E-state index in [1.807, 2.05) is 36.4 Å². The van der Waals surface area contributed by atoms with E-state index in [0.29, 0.717) is 31.8 Å². The number of halogens is 2. The second-order valence-corrected chi connectivity index (χ2v) is 8.76. The highest BCUT2D eigenvalue weighted by molar-refractivity contribution is 7.21. The van der Waals surface area contributed by atoms with Gasteiger partial charge in [0.15, 0.2) is 0 Å². The Morgan fingerprint density at radius 1 is 1.10 bits per heavy atom. The molecule has 0 aliphatic rings. The summed E-state index contributed by atoms with van der Waals surface area (Å²) in [6.45, 7) is 3.39. The van der Waals surface area contributed by atoms with Crippen LogP contribution in [0, 0.1) is 6.92 Å². The zero-order valence-electron chi connectivity index (χ0n) is 16.1. The van der Waals surface area contributed by atoms with Crippen molar-refractivity contribution in [3.8, 4) is 10.4 Å². The third kappa shape index (κ3) is 3.99. The molecular formula is C22H17Cl2N3O2S. The SMILES string of the molecule is Cc1nc2sc(-c3ccccc3)cc2c(=O)n1C(C)C(=O)Nc1cc(Cl)cc(Cl)c1. The zero-order chi connectivity index (χ0) is 21.4. The first-order valence-electron chi connectivity index (χ1n) is 9.18. The maximum absolute atomic E-state index is 13.2. The minimum absolute atomic E-state index is 0.247. The van der Waals surface area contributed by atoms with Gasteiger partial charge in [0, 0.05) is 20.6 Å². The molecule has 0 aliphatic carbocycles. The van der Waals surface area contributed by atoms with Crippen LogP contribution in [0.5, 0.6) is 0 Å². The standard InChI is InChI=1S/C22H17Cl2N3O2S/c1-12(20(28)26-17-9-15(23)8-16(24)10-17)27-13(2)25-21-18(22(27)29)11-19(30-21)14-6-4-3-5-7-14/h3-12H,1-2H3,(H,26,28). The molecule has 0 saturated heterocycles. The predicted molar refractivity (Wildman–Crippen MR) is 124 cm³/mol.